The van der Waals surface area contributed by atoms with Crippen molar-refractivity contribution in [3.8, 4) is 11.3 Å². The summed E-state index contributed by atoms with van der Waals surface area (Å²) in [5, 5.41) is 10.6. The third-order valence-corrected chi connectivity index (χ3v) is 5.98. The Balaban J connectivity index is 1.47. The standard InChI is InChI=1S/C26H23FN4O/c1-18-17-30(14-15-31(18)26(32)20-10-6-3-7-11-20)25-22-13-12-21(27)16-23(22)24(28-29-25)19-8-4-2-5-9-19/h2-13,16,18H,14-15,17H2,1H3/t18-/m0/s1. The van der Waals surface area contributed by atoms with Crippen molar-refractivity contribution in [2.24, 2.45) is 0 Å². The summed E-state index contributed by atoms with van der Waals surface area (Å²) in [5.74, 6) is 0.453. The minimum absolute atomic E-state index is 0.00237. The van der Waals surface area contributed by atoms with E-state index in [1.165, 1.54) is 12.1 Å². The molecule has 6 heteroatoms. The van der Waals surface area contributed by atoms with Gasteiger partial charge in [0.1, 0.15) is 11.5 Å². The molecule has 0 bridgehead atoms. The van der Waals surface area contributed by atoms with Crippen molar-refractivity contribution in [1.29, 1.82) is 0 Å². The molecule has 1 amide bonds. The van der Waals surface area contributed by atoms with E-state index >= 15 is 0 Å². The molecule has 5 nitrogen and oxygen atoms in total. The summed E-state index contributed by atoms with van der Waals surface area (Å²) in [7, 11) is 0. The van der Waals surface area contributed by atoms with Gasteiger partial charge in [-0.2, -0.15) is 0 Å². The van der Waals surface area contributed by atoms with Crippen LogP contribution in [0.25, 0.3) is 22.0 Å². The molecule has 1 aromatic heterocycles. The van der Waals surface area contributed by atoms with Crippen LogP contribution in [0.15, 0.2) is 78.9 Å². The Morgan fingerprint density at radius 2 is 1.62 bits per heavy atom. The lowest BCUT2D eigenvalue weighted by Gasteiger charge is -2.40. The maximum Gasteiger partial charge on any atom is 0.254 e. The average Bonchev–Trinajstić information content (AvgIpc) is 2.84. The van der Waals surface area contributed by atoms with Gasteiger partial charge in [0.15, 0.2) is 5.82 Å². The van der Waals surface area contributed by atoms with Gasteiger partial charge in [-0.15, -0.1) is 10.2 Å². The lowest BCUT2D eigenvalue weighted by Crippen LogP contribution is -2.54. The Morgan fingerprint density at radius 1 is 0.906 bits per heavy atom. The Morgan fingerprint density at radius 3 is 2.34 bits per heavy atom. The maximum atomic E-state index is 14.2. The third-order valence-electron chi connectivity index (χ3n) is 5.98. The quantitative estimate of drug-likeness (QED) is 0.473. The molecule has 3 aromatic carbocycles. The van der Waals surface area contributed by atoms with Crippen molar-refractivity contribution in [1.82, 2.24) is 15.1 Å². The number of anilines is 1. The van der Waals surface area contributed by atoms with Crippen LogP contribution in [0, 0.1) is 5.82 Å². The SMILES string of the molecule is C[C@H]1CN(c2nnc(-c3ccccc3)c3cc(F)ccc23)CCN1C(=O)c1ccccc1. The summed E-state index contributed by atoms with van der Waals surface area (Å²) in [4.78, 5) is 17.0. The van der Waals surface area contributed by atoms with Crippen LogP contribution in [0.4, 0.5) is 10.2 Å². The number of benzene rings is 3. The second-order valence-electron chi connectivity index (χ2n) is 8.09. The second kappa shape index (κ2) is 8.38. The van der Waals surface area contributed by atoms with Gasteiger partial charge in [-0.1, -0.05) is 48.5 Å². The molecule has 2 heterocycles. The zero-order chi connectivity index (χ0) is 22.1. The fourth-order valence-corrected chi connectivity index (χ4v) is 4.35. The molecule has 0 unspecified atom stereocenters. The lowest BCUT2D eigenvalue weighted by molar-refractivity contribution is 0.0674. The molecule has 4 aromatic rings. The van der Waals surface area contributed by atoms with Gasteiger partial charge in [0.2, 0.25) is 0 Å². The molecule has 0 aliphatic carbocycles. The zero-order valence-corrected chi connectivity index (χ0v) is 17.8. The molecule has 0 saturated carbocycles. The predicted octanol–water partition coefficient (Wildman–Crippen LogP) is 4.79. The molecule has 32 heavy (non-hydrogen) atoms. The first-order chi connectivity index (χ1) is 15.6. The third kappa shape index (κ3) is 3.68. The van der Waals surface area contributed by atoms with E-state index in [1.54, 1.807) is 6.07 Å². The Bertz CT molecular complexity index is 1260. The molecule has 1 fully saturated rings. The molecule has 1 aliphatic heterocycles. The average molecular weight is 426 g/mol. The highest BCUT2D eigenvalue weighted by Crippen LogP contribution is 2.33. The maximum absolute atomic E-state index is 14.2. The molecule has 1 atom stereocenters. The van der Waals surface area contributed by atoms with Gasteiger partial charge in [0.05, 0.1) is 0 Å². The van der Waals surface area contributed by atoms with Crippen LogP contribution in [0.1, 0.15) is 17.3 Å². The summed E-state index contributed by atoms with van der Waals surface area (Å²) in [5.41, 5.74) is 2.25. The first-order valence-corrected chi connectivity index (χ1v) is 10.7. The number of aromatic nitrogens is 2. The number of carbonyl (C=O) groups excluding carboxylic acids is 1. The van der Waals surface area contributed by atoms with E-state index in [0.717, 1.165) is 22.2 Å². The highest BCUT2D eigenvalue weighted by molar-refractivity contribution is 6.00. The van der Waals surface area contributed by atoms with Crippen LogP contribution < -0.4 is 4.90 Å². The fourth-order valence-electron chi connectivity index (χ4n) is 4.35. The molecular formula is C26H23FN4O. The number of nitrogens with zero attached hydrogens (tertiary/aromatic N) is 4. The van der Waals surface area contributed by atoms with Crippen molar-refractivity contribution >= 4 is 22.5 Å². The van der Waals surface area contributed by atoms with Crippen LogP contribution in [-0.4, -0.2) is 46.7 Å². The van der Waals surface area contributed by atoms with Crippen LogP contribution in [0.3, 0.4) is 0 Å². The fraction of sp³-hybridized carbons (Fsp3) is 0.192. The topological polar surface area (TPSA) is 49.3 Å². The number of carbonyl (C=O) groups is 1. The van der Waals surface area contributed by atoms with Crippen LogP contribution >= 0.6 is 0 Å². The predicted molar refractivity (Wildman–Crippen MR) is 124 cm³/mol. The van der Waals surface area contributed by atoms with Crippen LogP contribution in [0.5, 0.6) is 0 Å². The largest absolute Gasteiger partial charge is 0.351 e. The summed E-state index contributed by atoms with van der Waals surface area (Å²) < 4.78 is 14.2. The van der Waals surface area contributed by atoms with Gasteiger partial charge in [0, 0.05) is 47.6 Å². The molecule has 0 radical (unpaired) electrons. The smallest absolute Gasteiger partial charge is 0.254 e. The first-order valence-electron chi connectivity index (χ1n) is 10.7. The van der Waals surface area contributed by atoms with Gasteiger partial charge < -0.3 is 9.80 Å². The number of piperazine rings is 1. The van der Waals surface area contributed by atoms with E-state index in [-0.39, 0.29) is 17.8 Å². The first kappa shape index (κ1) is 20.1. The number of fused-ring (bicyclic) bond motifs is 1. The normalized spacial score (nSPS) is 16.4. The summed E-state index contributed by atoms with van der Waals surface area (Å²) in [6, 6.07) is 23.8. The minimum atomic E-state index is -0.305. The zero-order valence-electron chi connectivity index (χ0n) is 17.8. The van der Waals surface area contributed by atoms with Gasteiger partial charge in [0.25, 0.3) is 5.91 Å². The molecule has 1 saturated heterocycles. The van der Waals surface area contributed by atoms with E-state index < -0.39 is 0 Å². The lowest BCUT2D eigenvalue weighted by atomic mass is 10.0. The summed E-state index contributed by atoms with van der Waals surface area (Å²) in [6.07, 6.45) is 0. The van der Waals surface area contributed by atoms with E-state index in [2.05, 4.69) is 15.1 Å². The number of hydrogen-bond donors (Lipinski definition) is 0. The highest BCUT2D eigenvalue weighted by atomic mass is 19.1. The summed E-state index contributed by atoms with van der Waals surface area (Å²) in [6.45, 7) is 3.89. The molecular weight excluding hydrogens is 403 g/mol. The van der Waals surface area contributed by atoms with Crippen molar-refractivity contribution in [3.05, 3.63) is 90.2 Å². The number of hydrogen-bond acceptors (Lipinski definition) is 4. The van der Waals surface area contributed by atoms with Crippen molar-refractivity contribution in [2.45, 2.75) is 13.0 Å². The molecule has 5 rings (SSSR count). The van der Waals surface area contributed by atoms with E-state index in [1.807, 2.05) is 72.5 Å². The number of amides is 1. The van der Waals surface area contributed by atoms with Crippen molar-refractivity contribution in [2.75, 3.05) is 24.5 Å². The van der Waals surface area contributed by atoms with E-state index in [4.69, 9.17) is 0 Å². The molecule has 160 valence electrons. The minimum Gasteiger partial charge on any atom is -0.351 e. The Labute approximate surface area is 186 Å². The number of halogens is 1. The molecule has 0 N–H and O–H groups in total. The van der Waals surface area contributed by atoms with Gasteiger partial charge in [-0.25, -0.2) is 4.39 Å². The summed E-state index contributed by atoms with van der Waals surface area (Å²) >= 11 is 0. The van der Waals surface area contributed by atoms with Gasteiger partial charge in [-0.3, -0.25) is 4.79 Å². The molecule has 1 aliphatic rings. The van der Waals surface area contributed by atoms with Gasteiger partial charge in [-0.05, 0) is 37.3 Å². The molecule has 0 spiro atoms. The van der Waals surface area contributed by atoms with Crippen LogP contribution in [0.2, 0.25) is 0 Å². The monoisotopic (exact) mass is 426 g/mol. The Hall–Kier alpha value is -3.80. The van der Waals surface area contributed by atoms with Crippen LogP contribution in [-0.2, 0) is 0 Å². The highest BCUT2D eigenvalue weighted by Gasteiger charge is 2.30. The van der Waals surface area contributed by atoms with Gasteiger partial charge >= 0.3 is 0 Å². The van der Waals surface area contributed by atoms with E-state index in [9.17, 15) is 9.18 Å². The van der Waals surface area contributed by atoms with Crippen molar-refractivity contribution in [3.63, 3.8) is 0 Å². The number of rotatable bonds is 3. The van der Waals surface area contributed by atoms with E-state index in [0.29, 0.717) is 30.9 Å². The van der Waals surface area contributed by atoms with Crippen molar-refractivity contribution < 1.29 is 9.18 Å². The Kier molecular flexibility index (Phi) is 5.27. The second-order valence-corrected chi connectivity index (χ2v) is 8.09.